The summed E-state index contributed by atoms with van der Waals surface area (Å²) in [5.41, 5.74) is 0.296. The van der Waals surface area contributed by atoms with Crippen LogP contribution in [-0.2, 0) is 19.4 Å². The first-order valence-corrected chi connectivity index (χ1v) is 10.6. The van der Waals surface area contributed by atoms with E-state index in [4.69, 9.17) is 4.74 Å². The first-order chi connectivity index (χ1) is 12.0. The molecule has 6 heteroatoms. The molecule has 0 bridgehead atoms. The fourth-order valence-electron chi connectivity index (χ4n) is 4.31. The van der Waals surface area contributed by atoms with Crippen LogP contribution in [0.25, 0.3) is 0 Å². The molecule has 0 radical (unpaired) electrons. The molecule has 3 fully saturated rings. The number of hydrogen-bond donors (Lipinski definition) is 0. The quantitative estimate of drug-likeness (QED) is 0.827. The van der Waals surface area contributed by atoms with Crippen molar-refractivity contribution in [1.29, 1.82) is 0 Å². The minimum Gasteiger partial charge on any atom is -0.381 e. The van der Waals surface area contributed by atoms with Gasteiger partial charge in [0.05, 0.1) is 4.90 Å². The van der Waals surface area contributed by atoms with Crippen molar-refractivity contribution in [1.82, 2.24) is 4.90 Å². The predicted octanol–water partition coefficient (Wildman–Crippen LogP) is 2.41. The van der Waals surface area contributed by atoms with Gasteiger partial charge in [-0.3, -0.25) is 4.79 Å². The lowest BCUT2D eigenvalue weighted by Gasteiger charge is -2.44. The maximum atomic E-state index is 13.1. The zero-order valence-corrected chi connectivity index (χ0v) is 15.3. The number of likely N-dealkylation sites (tertiary alicyclic amines) is 1. The smallest absolute Gasteiger partial charge is 0.244 e. The lowest BCUT2D eigenvalue weighted by atomic mass is 9.72. The van der Waals surface area contributed by atoms with E-state index >= 15 is 0 Å². The summed E-state index contributed by atoms with van der Waals surface area (Å²) in [5, 5.41) is 0. The van der Waals surface area contributed by atoms with Crippen LogP contribution in [0.3, 0.4) is 0 Å². The van der Waals surface area contributed by atoms with Gasteiger partial charge < -0.3 is 9.64 Å². The third-order valence-electron chi connectivity index (χ3n) is 6.33. The highest BCUT2D eigenvalue weighted by Gasteiger charge is 2.62. The molecule has 5 nitrogen and oxygen atoms in total. The molecule has 1 aromatic rings. The SMILES string of the molecule is O=C(N1CCC2(CCOCC2)CC1)C1(S(=O)(=O)c2ccccc2)CC1. The van der Waals surface area contributed by atoms with E-state index in [1.54, 1.807) is 35.2 Å². The monoisotopic (exact) mass is 363 g/mol. The van der Waals surface area contributed by atoms with Gasteiger partial charge in [-0.05, 0) is 56.1 Å². The highest BCUT2D eigenvalue weighted by atomic mass is 32.2. The van der Waals surface area contributed by atoms with Gasteiger partial charge in [-0.25, -0.2) is 8.42 Å². The van der Waals surface area contributed by atoms with Crippen molar-refractivity contribution >= 4 is 15.7 Å². The van der Waals surface area contributed by atoms with Crippen LogP contribution in [-0.4, -0.2) is 50.3 Å². The molecular weight excluding hydrogens is 338 g/mol. The summed E-state index contributed by atoms with van der Waals surface area (Å²) in [6.45, 7) is 2.95. The summed E-state index contributed by atoms with van der Waals surface area (Å²) < 4.78 is 30.3. The maximum absolute atomic E-state index is 13.1. The Morgan fingerprint density at radius 3 is 2.08 bits per heavy atom. The lowest BCUT2D eigenvalue weighted by molar-refractivity contribution is -0.135. The summed E-state index contributed by atoms with van der Waals surface area (Å²) in [7, 11) is -3.62. The molecule has 0 aromatic heterocycles. The molecule has 0 unspecified atom stereocenters. The predicted molar refractivity (Wildman–Crippen MR) is 93.9 cm³/mol. The van der Waals surface area contributed by atoms with Gasteiger partial charge in [0.25, 0.3) is 0 Å². The van der Waals surface area contributed by atoms with Gasteiger partial charge in [0.15, 0.2) is 14.6 Å². The summed E-state index contributed by atoms with van der Waals surface area (Å²) in [6, 6.07) is 8.40. The number of ether oxygens (including phenoxy) is 1. The average Bonchev–Trinajstić information content (AvgIpc) is 3.46. The van der Waals surface area contributed by atoms with E-state index in [9.17, 15) is 13.2 Å². The Labute approximate surface area is 149 Å². The zero-order chi connectivity index (χ0) is 17.5. The highest BCUT2D eigenvalue weighted by Crippen LogP contribution is 2.49. The van der Waals surface area contributed by atoms with Crippen LogP contribution in [0.5, 0.6) is 0 Å². The molecule has 2 heterocycles. The number of carbonyl (C=O) groups is 1. The summed E-state index contributed by atoms with van der Waals surface area (Å²) in [4.78, 5) is 15.2. The van der Waals surface area contributed by atoms with Gasteiger partial charge in [0.1, 0.15) is 0 Å². The molecule has 0 N–H and O–H groups in total. The van der Waals surface area contributed by atoms with E-state index in [1.165, 1.54) is 0 Å². The van der Waals surface area contributed by atoms with Crippen LogP contribution in [0.1, 0.15) is 38.5 Å². The molecule has 1 spiro atoms. The Balaban J connectivity index is 1.50. The third-order valence-corrected chi connectivity index (χ3v) is 8.83. The maximum Gasteiger partial charge on any atom is 0.244 e. The first-order valence-electron chi connectivity index (χ1n) is 9.16. The topological polar surface area (TPSA) is 63.7 Å². The van der Waals surface area contributed by atoms with E-state index in [0.717, 1.165) is 38.9 Å². The Hall–Kier alpha value is -1.40. The summed E-state index contributed by atoms with van der Waals surface area (Å²) in [5.74, 6) is -0.182. The van der Waals surface area contributed by atoms with E-state index in [0.29, 0.717) is 31.3 Å². The molecule has 3 aliphatic rings. The van der Waals surface area contributed by atoms with Crippen molar-refractivity contribution in [3.8, 4) is 0 Å². The second kappa shape index (κ2) is 6.09. The first kappa shape index (κ1) is 17.0. The Morgan fingerprint density at radius 1 is 0.920 bits per heavy atom. The van der Waals surface area contributed by atoms with Gasteiger partial charge in [0.2, 0.25) is 5.91 Å². The lowest BCUT2D eigenvalue weighted by Crippen LogP contribution is -2.51. The van der Waals surface area contributed by atoms with Crippen LogP contribution in [0, 0.1) is 5.41 Å². The number of hydrogen-bond acceptors (Lipinski definition) is 4. The van der Waals surface area contributed by atoms with Crippen molar-refractivity contribution in [2.75, 3.05) is 26.3 Å². The minimum absolute atomic E-state index is 0.182. The molecule has 0 atom stereocenters. The van der Waals surface area contributed by atoms with Crippen LogP contribution >= 0.6 is 0 Å². The second-order valence-corrected chi connectivity index (χ2v) is 9.98. The third kappa shape index (κ3) is 2.79. The van der Waals surface area contributed by atoms with Crippen molar-refractivity contribution in [3.05, 3.63) is 30.3 Å². The number of rotatable bonds is 3. The minimum atomic E-state index is -3.62. The number of sulfone groups is 1. The van der Waals surface area contributed by atoms with Gasteiger partial charge >= 0.3 is 0 Å². The van der Waals surface area contributed by atoms with Crippen molar-refractivity contribution in [2.24, 2.45) is 5.41 Å². The molecule has 1 saturated carbocycles. The van der Waals surface area contributed by atoms with Crippen LogP contribution in [0.15, 0.2) is 35.2 Å². The van der Waals surface area contributed by atoms with Crippen LogP contribution in [0.4, 0.5) is 0 Å². The number of amides is 1. The number of carbonyl (C=O) groups excluding carboxylic acids is 1. The number of nitrogens with zero attached hydrogens (tertiary/aromatic N) is 1. The van der Waals surface area contributed by atoms with Gasteiger partial charge in [-0.2, -0.15) is 0 Å². The van der Waals surface area contributed by atoms with E-state index in [1.807, 2.05) is 0 Å². The van der Waals surface area contributed by atoms with Gasteiger partial charge in [-0.15, -0.1) is 0 Å². The average molecular weight is 363 g/mol. The molecule has 136 valence electrons. The molecule has 25 heavy (non-hydrogen) atoms. The second-order valence-electron chi connectivity index (χ2n) is 7.72. The fourth-order valence-corrected chi connectivity index (χ4v) is 6.28. The Morgan fingerprint density at radius 2 is 1.52 bits per heavy atom. The molecule has 4 rings (SSSR count). The normalized spacial score (nSPS) is 24.9. The molecule has 2 saturated heterocycles. The van der Waals surface area contributed by atoms with E-state index in [-0.39, 0.29) is 10.8 Å². The van der Waals surface area contributed by atoms with Crippen molar-refractivity contribution in [2.45, 2.75) is 48.2 Å². The largest absolute Gasteiger partial charge is 0.381 e. The van der Waals surface area contributed by atoms with Crippen LogP contribution in [0.2, 0.25) is 0 Å². The van der Waals surface area contributed by atoms with Crippen molar-refractivity contribution in [3.63, 3.8) is 0 Å². The van der Waals surface area contributed by atoms with Gasteiger partial charge in [-0.1, -0.05) is 18.2 Å². The van der Waals surface area contributed by atoms with E-state index < -0.39 is 14.6 Å². The summed E-state index contributed by atoms with van der Waals surface area (Å²) >= 11 is 0. The number of benzene rings is 1. The Bertz CT molecular complexity index is 739. The highest BCUT2D eigenvalue weighted by molar-refractivity contribution is 7.94. The number of piperidine rings is 1. The van der Waals surface area contributed by atoms with Gasteiger partial charge in [0, 0.05) is 26.3 Å². The van der Waals surface area contributed by atoms with Crippen molar-refractivity contribution < 1.29 is 17.9 Å². The standard InChI is InChI=1S/C19H25NO4S/c21-17(20-12-8-18(9-13-20)10-14-24-15-11-18)19(6-7-19)25(22,23)16-4-2-1-3-5-16/h1-5H,6-15H2. The molecule has 1 aromatic carbocycles. The van der Waals surface area contributed by atoms with E-state index in [2.05, 4.69) is 0 Å². The van der Waals surface area contributed by atoms with Crippen LogP contribution < -0.4 is 0 Å². The molecule has 1 aliphatic carbocycles. The molecular formula is C19H25NO4S. The fraction of sp³-hybridized carbons (Fsp3) is 0.632. The Kier molecular flexibility index (Phi) is 4.15. The zero-order valence-electron chi connectivity index (χ0n) is 14.4. The molecule has 2 aliphatic heterocycles. The molecule has 1 amide bonds. The summed E-state index contributed by atoms with van der Waals surface area (Å²) in [6.07, 6.45) is 4.93.